The molecule has 4 nitrogen and oxygen atoms in total. The van der Waals surface area contributed by atoms with Crippen molar-refractivity contribution in [2.24, 2.45) is 5.73 Å². The van der Waals surface area contributed by atoms with Crippen molar-refractivity contribution in [1.29, 1.82) is 0 Å². The summed E-state index contributed by atoms with van der Waals surface area (Å²) >= 11 is 0. The van der Waals surface area contributed by atoms with Crippen molar-refractivity contribution >= 4 is 0 Å². The number of rotatable bonds is 3. The Labute approximate surface area is 94.1 Å². The maximum absolute atomic E-state index is 5.65. The number of benzene rings is 1. The molecule has 0 radical (unpaired) electrons. The number of aromatic nitrogens is 2. The number of aryl methyl sites for hydroxylation is 1. The smallest absolute Gasteiger partial charge is 0.222 e. The summed E-state index contributed by atoms with van der Waals surface area (Å²) in [6.07, 6.45) is 1.67. The van der Waals surface area contributed by atoms with Crippen LogP contribution < -0.4 is 10.5 Å². The lowest BCUT2D eigenvalue weighted by Gasteiger charge is -2.08. The zero-order valence-corrected chi connectivity index (χ0v) is 9.05. The first-order valence-electron chi connectivity index (χ1n) is 5.05. The fourth-order valence-electron chi connectivity index (χ4n) is 1.38. The van der Waals surface area contributed by atoms with Gasteiger partial charge in [0.2, 0.25) is 5.88 Å². The predicted octanol–water partition coefficient (Wildman–Crippen LogP) is 2.04. The van der Waals surface area contributed by atoms with Crippen LogP contribution in [-0.4, -0.2) is 9.97 Å². The van der Waals surface area contributed by atoms with Crippen LogP contribution in [0.15, 0.2) is 36.5 Å². The van der Waals surface area contributed by atoms with Crippen LogP contribution in [0.2, 0.25) is 0 Å². The van der Waals surface area contributed by atoms with Gasteiger partial charge in [0.25, 0.3) is 0 Å². The second kappa shape index (κ2) is 4.72. The molecule has 0 fully saturated rings. The van der Waals surface area contributed by atoms with Gasteiger partial charge in [-0.05, 0) is 13.0 Å². The average molecular weight is 215 g/mol. The molecule has 16 heavy (non-hydrogen) atoms. The van der Waals surface area contributed by atoms with Crippen molar-refractivity contribution in [3.63, 3.8) is 0 Å². The van der Waals surface area contributed by atoms with Gasteiger partial charge in [-0.2, -0.15) is 4.98 Å². The van der Waals surface area contributed by atoms with E-state index in [-0.39, 0.29) is 0 Å². The van der Waals surface area contributed by atoms with Gasteiger partial charge in [-0.1, -0.05) is 18.2 Å². The topological polar surface area (TPSA) is 61.0 Å². The van der Waals surface area contributed by atoms with Gasteiger partial charge in [-0.25, -0.2) is 4.98 Å². The molecule has 0 bridgehead atoms. The van der Waals surface area contributed by atoms with E-state index in [1.165, 1.54) is 0 Å². The summed E-state index contributed by atoms with van der Waals surface area (Å²) in [4.78, 5) is 8.18. The molecule has 0 aliphatic carbocycles. The quantitative estimate of drug-likeness (QED) is 0.851. The highest BCUT2D eigenvalue weighted by Crippen LogP contribution is 2.22. The van der Waals surface area contributed by atoms with Crippen molar-refractivity contribution in [3.8, 4) is 11.6 Å². The molecule has 0 atom stereocenters. The maximum atomic E-state index is 5.65. The summed E-state index contributed by atoms with van der Waals surface area (Å²) < 4.78 is 5.65. The summed E-state index contributed by atoms with van der Waals surface area (Å²) in [5, 5.41) is 0. The maximum Gasteiger partial charge on any atom is 0.222 e. The van der Waals surface area contributed by atoms with Crippen molar-refractivity contribution in [2.75, 3.05) is 0 Å². The third-order valence-electron chi connectivity index (χ3n) is 2.16. The molecule has 1 aromatic heterocycles. The van der Waals surface area contributed by atoms with E-state index in [9.17, 15) is 0 Å². The first-order valence-corrected chi connectivity index (χ1v) is 5.05. The first kappa shape index (κ1) is 10.6. The van der Waals surface area contributed by atoms with E-state index in [2.05, 4.69) is 9.97 Å². The zero-order chi connectivity index (χ0) is 11.4. The second-order valence-corrected chi connectivity index (χ2v) is 3.36. The Kier molecular flexibility index (Phi) is 3.12. The van der Waals surface area contributed by atoms with Crippen LogP contribution in [0.25, 0.3) is 0 Å². The summed E-state index contributed by atoms with van der Waals surface area (Å²) in [7, 11) is 0. The van der Waals surface area contributed by atoms with E-state index in [4.69, 9.17) is 10.5 Å². The zero-order valence-electron chi connectivity index (χ0n) is 9.05. The Bertz CT molecular complexity index is 485. The summed E-state index contributed by atoms with van der Waals surface area (Å²) in [5.41, 5.74) is 6.58. The molecule has 0 saturated heterocycles. The van der Waals surface area contributed by atoms with Gasteiger partial charge in [0.15, 0.2) is 0 Å². The normalized spacial score (nSPS) is 10.1. The third-order valence-corrected chi connectivity index (χ3v) is 2.16. The van der Waals surface area contributed by atoms with Crippen LogP contribution in [-0.2, 0) is 6.54 Å². The first-order chi connectivity index (χ1) is 7.79. The SMILES string of the molecule is Cc1nccc(Oc2ccccc2CN)n1. The Balaban J connectivity index is 2.26. The lowest BCUT2D eigenvalue weighted by molar-refractivity contribution is 0.454. The number of nitrogens with zero attached hydrogens (tertiary/aromatic N) is 2. The standard InChI is InChI=1S/C12H13N3O/c1-9-14-7-6-12(15-9)16-11-5-3-2-4-10(11)8-13/h2-7H,8,13H2,1H3. The van der Waals surface area contributed by atoms with Gasteiger partial charge in [-0.3, -0.25) is 0 Å². The number of para-hydroxylation sites is 1. The van der Waals surface area contributed by atoms with Crippen LogP contribution >= 0.6 is 0 Å². The number of ether oxygens (including phenoxy) is 1. The van der Waals surface area contributed by atoms with Crippen molar-refractivity contribution in [1.82, 2.24) is 9.97 Å². The number of hydrogen-bond acceptors (Lipinski definition) is 4. The molecule has 0 aliphatic rings. The summed E-state index contributed by atoms with van der Waals surface area (Å²) in [6.45, 7) is 2.27. The molecule has 2 N–H and O–H groups in total. The summed E-state index contributed by atoms with van der Waals surface area (Å²) in [5.74, 6) is 1.96. The van der Waals surface area contributed by atoms with Gasteiger partial charge in [0.05, 0.1) is 0 Å². The largest absolute Gasteiger partial charge is 0.439 e. The molecule has 1 heterocycles. The lowest BCUT2D eigenvalue weighted by atomic mass is 10.2. The fraction of sp³-hybridized carbons (Fsp3) is 0.167. The molecular weight excluding hydrogens is 202 g/mol. The van der Waals surface area contributed by atoms with Gasteiger partial charge in [0, 0.05) is 24.4 Å². The Morgan fingerprint density at radius 1 is 1.25 bits per heavy atom. The molecule has 0 unspecified atom stereocenters. The number of nitrogens with two attached hydrogens (primary N) is 1. The minimum atomic E-state index is 0.445. The molecule has 0 aliphatic heterocycles. The van der Waals surface area contributed by atoms with Crippen molar-refractivity contribution < 1.29 is 4.74 Å². The monoisotopic (exact) mass is 215 g/mol. The van der Waals surface area contributed by atoms with E-state index in [1.54, 1.807) is 12.3 Å². The lowest BCUT2D eigenvalue weighted by Crippen LogP contribution is -2.00. The summed E-state index contributed by atoms with van der Waals surface area (Å²) in [6, 6.07) is 9.37. The van der Waals surface area contributed by atoms with Crippen LogP contribution in [0.1, 0.15) is 11.4 Å². The molecular formula is C12H13N3O. The molecule has 2 rings (SSSR count). The highest BCUT2D eigenvalue weighted by atomic mass is 16.5. The highest BCUT2D eigenvalue weighted by molar-refractivity contribution is 5.35. The average Bonchev–Trinajstić information content (AvgIpc) is 2.30. The Hall–Kier alpha value is -1.94. The molecule has 0 spiro atoms. The van der Waals surface area contributed by atoms with Gasteiger partial charge in [-0.15, -0.1) is 0 Å². The molecule has 1 aromatic carbocycles. The molecule has 4 heteroatoms. The van der Waals surface area contributed by atoms with Crippen LogP contribution in [0, 0.1) is 6.92 Å². The number of hydrogen-bond donors (Lipinski definition) is 1. The van der Waals surface area contributed by atoms with Crippen LogP contribution in [0.4, 0.5) is 0 Å². The predicted molar refractivity (Wildman–Crippen MR) is 61.2 cm³/mol. The van der Waals surface area contributed by atoms with E-state index in [1.807, 2.05) is 31.2 Å². The van der Waals surface area contributed by atoms with Gasteiger partial charge in [0.1, 0.15) is 11.6 Å². The van der Waals surface area contributed by atoms with E-state index in [0.717, 1.165) is 11.3 Å². The molecule has 2 aromatic rings. The third kappa shape index (κ3) is 2.35. The van der Waals surface area contributed by atoms with Crippen molar-refractivity contribution in [2.45, 2.75) is 13.5 Å². The van der Waals surface area contributed by atoms with Gasteiger partial charge < -0.3 is 10.5 Å². The highest BCUT2D eigenvalue weighted by Gasteiger charge is 2.03. The second-order valence-electron chi connectivity index (χ2n) is 3.36. The van der Waals surface area contributed by atoms with Crippen LogP contribution in [0.3, 0.4) is 0 Å². The van der Waals surface area contributed by atoms with Gasteiger partial charge >= 0.3 is 0 Å². The fourth-order valence-corrected chi connectivity index (χ4v) is 1.38. The van der Waals surface area contributed by atoms with Crippen molar-refractivity contribution in [3.05, 3.63) is 47.9 Å². The van der Waals surface area contributed by atoms with E-state index in [0.29, 0.717) is 18.2 Å². The van der Waals surface area contributed by atoms with E-state index >= 15 is 0 Å². The Morgan fingerprint density at radius 3 is 2.81 bits per heavy atom. The minimum Gasteiger partial charge on any atom is -0.439 e. The van der Waals surface area contributed by atoms with Crippen LogP contribution in [0.5, 0.6) is 11.6 Å². The molecule has 0 amide bonds. The molecule has 82 valence electrons. The molecule has 0 saturated carbocycles. The Morgan fingerprint density at radius 2 is 2.06 bits per heavy atom. The minimum absolute atomic E-state index is 0.445. The van der Waals surface area contributed by atoms with E-state index < -0.39 is 0 Å².